The van der Waals surface area contributed by atoms with E-state index >= 15 is 0 Å². The van der Waals surface area contributed by atoms with Crippen molar-refractivity contribution < 1.29 is 22.7 Å². The van der Waals surface area contributed by atoms with Gasteiger partial charge in [-0.2, -0.15) is 13.1 Å². The second-order valence-electron chi connectivity index (χ2n) is 9.30. The van der Waals surface area contributed by atoms with Gasteiger partial charge >= 0.3 is 16.3 Å². The van der Waals surface area contributed by atoms with Crippen molar-refractivity contribution in [3.63, 3.8) is 0 Å². The van der Waals surface area contributed by atoms with Crippen molar-refractivity contribution in [3.8, 4) is 0 Å². The molecule has 12 heteroatoms. The molecule has 1 aliphatic rings. The fourth-order valence-electron chi connectivity index (χ4n) is 3.65. The Balaban J connectivity index is 1.60. The molecule has 0 radical (unpaired) electrons. The van der Waals surface area contributed by atoms with Gasteiger partial charge in [-0.1, -0.05) is 0 Å². The molecular weight excluding hydrogens is 460 g/mol. The number of hydrogen-bond donors (Lipinski definition) is 2. The lowest BCUT2D eigenvalue weighted by Gasteiger charge is -2.24. The molecule has 0 unspecified atom stereocenters. The van der Waals surface area contributed by atoms with Crippen LogP contribution in [0.2, 0.25) is 0 Å². The molecule has 3 rings (SSSR count). The highest BCUT2D eigenvalue weighted by atomic mass is 32.2. The Morgan fingerprint density at radius 2 is 1.76 bits per heavy atom. The van der Waals surface area contributed by atoms with Crippen molar-refractivity contribution in [2.24, 2.45) is 0 Å². The lowest BCUT2D eigenvalue weighted by Crippen LogP contribution is -2.47. The predicted octanol–water partition coefficient (Wildman–Crippen LogP) is 1.64. The maximum Gasteiger partial charge on any atom is 0.422 e. The van der Waals surface area contributed by atoms with Crippen LogP contribution in [0.15, 0.2) is 18.5 Å². The van der Waals surface area contributed by atoms with Crippen LogP contribution < -0.4 is 14.3 Å². The molecule has 1 fully saturated rings. The second-order valence-corrected chi connectivity index (χ2v) is 10.8. The molecule has 2 heterocycles. The Labute approximate surface area is 200 Å². The standard InChI is InChI=1S/C22H32N6O5S/c1-15-11-17-18(12-16(15)2)23-14-24-20(17)28-8-6-7-27(9-10-28)19(29)13-25-34(31,32)26-21(30)33-22(3,4)5/h11-12,14,25H,6-10,13H2,1-5H3,(H,26,30). The number of ether oxygens (including phenoxy) is 1. The molecule has 0 spiro atoms. The summed E-state index contributed by atoms with van der Waals surface area (Å²) in [6.45, 7) is 10.6. The van der Waals surface area contributed by atoms with Crippen molar-refractivity contribution >= 4 is 38.9 Å². The van der Waals surface area contributed by atoms with Crippen LogP contribution in [0.25, 0.3) is 10.9 Å². The smallest absolute Gasteiger partial charge is 0.422 e. The van der Waals surface area contributed by atoms with Gasteiger partial charge in [-0.25, -0.2) is 19.5 Å². The Morgan fingerprint density at radius 3 is 2.47 bits per heavy atom. The summed E-state index contributed by atoms with van der Waals surface area (Å²) in [7, 11) is -4.23. The first-order valence-electron chi connectivity index (χ1n) is 11.1. The summed E-state index contributed by atoms with van der Waals surface area (Å²) in [5.74, 6) is 0.445. The summed E-state index contributed by atoms with van der Waals surface area (Å²) in [4.78, 5) is 37.0. The minimum atomic E-state index is -4.23. The number of carbonyl (C=O) groups is 2. The number of rotatable bonds is 5. The van der Waals surface area contributed by atoms with Crippen LogP contribution in [0, 0.1) is 13.8 Å². The van der Waals surface area contributed by atoms with E-state index in [0.717, 1.165) is 27.8 Å². The first kappa shape index (κ1) is 25.6. The van der Waals surface area contributed by atoms with Gasteiger partial charge in [-0.3, -0.25) is 4.79 Å². The van der Waals surface area contributed by atoms with Gasteiger partial charge in [0.2, 0.25) is 5.91 Å². The SMILES string of the molecule is Cc1cc2ncnc(N3CCCN(C(=O)CNS(=O)(=O)NC(=O)OC(C)(C)C)CC3)c2cc1C. The van der Waals surface area contributed by atoms with Crippen LogP contribution in [0.3, 0.4) is 0 Å². The Bertz CT molecular complexity index is 1180. The van der Waals surface area contributed by atoms with Gasteiger partial charge in [0.15, 0.2) is 0 Å². The number of anilines is 1. The molecule has 11 nitrogen and oxygen atoms in total. The lowest BCUT2D eigenvalue weighted by atomic mass is 10.1. The first-order chi connectivity index (χ1) is 15.8. The Hall–Kier alpha value is -2.99. The van der Waals surface area contributed by atoms with Crippen LogP contribution >= 0.6 is 0 Å². The highest BCUT2D eigenvalue weighted by molar-refractivity contribution is 7.88. The largest absolute Gasteiger partial charge is 0.443 e. The third-order valence-corrected chi connectivity index (χ3v) is 6.37. The molecule has 0 atom stereocenters. The van der Waals surface area contributed by atoms with Crippen LogP contribution in [-0.4, -0.2) is 73.6 Å². The van der Waals surface area contributed by atoms with E-state index in [-0.39, 0.29) is 5.91 Å². The van der Waals surface area contributed by atoms with Gasteiger partial charge in [0.05, 0.1) is 12.1 Å². The summed E-state index contributed by atoms with van der Waals surface area (Å²) in [6, 6.07) is 4.13. The van der Waals surface area contributed by atoms with Gasteiger partial charge in [0.1, 0.15) is 17.7 Å². The monoisotopic (exact) mass is 492 g/mol. The van der Waals surface area contributed by atoms with E-state index in [2.05, 4.69) is 25.7 Å². The van der Waals surface area contributed by atoms with Crippen molar-refractivity contribution in [1.82, 2.24) is 24.3 Å². The summed E-state index contributed by atoms with van der Waals surface area (Å²) in [5.41, 5.74) is 2.34. The molecule has 186 valence electrons. The number of aryl methyl sites for hydroxylation is 2. The third-order valence-electron chi connectivity index (χ3n) is 5.41. The number of amides is 2. The van der Waals surface area contributed by atoms with Crippen LogP contribution in [-0.2, 0) is 19.7 Å². The van der Waals surface area contributed by atoms with Gasteiger partial charge in [-0.05, 0) is 64.3 Å². The van der Waals surface area contributed by atoms with Crippen LogP contribution in [0.1, 0.15) is 38.3 Å². The zero-order chi connectivity index (χ0) is 25.1. The van der Waals surface area contributed by atoms with Gasteiger partial charge in [0, 0.05) is 31.6 Å². The molecule has 2 N–H and O–H groups in total. The number of aromatic nitrogens is 2. The van der Waals surface area contributed by atoms with Crippen molar-refractivity contribution in [2.45, 2.75) is 46.6 Å². The number of fused-ring (bicyclic) bond motifs is 1. The fourth-order valence-corrected chi connectivity index (χ4v) is 4.29. The number of nitrogens with one attached hydrogen (secondary N) is 2. The molecule has 34 heavy (non-hydrogen) atoms. The fraction of sp³-hybridized carbons (Fsp3) is 0.545. The minimum Gasteiger partial charge on any atom is -0.443 e. The van der Waals surface area contributed by atoms with Crippen molar-refractivity contribution in [1.29, 1.82) is 0 Å². The predicted molar refractivity (Wildman–Crippen MR) is 129 cm³/mol. The zero-order valence-corrected chi connectivity index (χ0v) is 21.0. The molecule has 1 aromatic heterocycles. The highest BCUT2D eigenvalue weighted by Gasteiger charge is 2.25. The molecule has 2 amide bonds. The van der Waals surface area contributed by atoms with Gasteiger partial charge < -0.3 is 14.5 Å². The summed E-state index contributed by atoms with van der Waals surface area (Å²) >= 11 is 0. The average molecular weight is 493 g/mol. The highest BCUT2D eigenvalue weighted by Crippen LogP contribution is 2.26. The Kier molecular flexibility index (Phi) is 7.61. The molecule has 1 aliphatic heterocycles. The van der Waals surface area contributed by atoms with Crippen LogP contribution in [0.5, 0.6) is 0 Å². The number of benzene rings is 1. The van der Waals surface area contributed by atoms with Gasteiger partial charge in [0.25, 0.3) is 0 Å². The van der Waals surface area contributed by atoms with E-state index in [9.17, 15) is 18.0 Å². The van der Waals surface area contributed by atoms with E-state index in [1.807, 2.05) is 19.9 Å². The van der Waals surface area contributed by atoms with E-state index in [4.69, 9.17) is 4.74 Å². The quantitative estimate of drug-likeness (QED) is 0.644. The molecule has 0 saturated carbocycles. The first-order valence-corrected chi connectivity index (χ1v) is 12.6. The second kappa shape index (κ2) is 10.1. The summed E-state index contributed by atoms with van der Waals surface area (Å²) in [6.07, 6.45) is 1.14. The van der Waals surface area contributed by atoms with Crippen LogP contribution in [0.4, 0.5) is 10.6 Å². The number of nitrogens with zero attached hydrogens (tertiary/aromatic N) is 4. The zero-order valence-electron chi connectivity index (χ0n) is 20.2. The maximum absolute atomic E-state index is 12.7. The van der Waals surface area contributed by atoms with E-state index in [0.29, 0.717) is 32.6 Å². The molecule has 1 saturated heterocycles. The Morgan fingerprint density at radius 1 is 1.06 bits per heavy atom. The molecule has 0 aliphatic carbocycles. The number of carbonyl (C=O) groups excluding carboxylic acids is 2. The minimum absolute atomic E-state index is 0.379. The van der Waals surface area contributed by atoms with E-state index < -0.39 is 28.4 Å². The maximum atomic E-state index is 12.7. The molecular formula is C22H32N6O5S. The van der Waals surface area contributed by atoms with Gasteiger partial charge in [-0.15, -0.1) is 0 Å². The summed E-state index contributed by atoms with van der Waals surface area (Å²) in [5, 5.41) is 0.964. The molecule has 1 aromatic carbocycles. The third kappa shape index (κ3) is 6.76. The summed E-state index contributed by atoms with van der Waals surface area (Å²) < 4.78 is 32.9. The molecule has 0 bridgehead atoms. The average Bonchev–Trinajstić information content (AvgIpc) is 2.97. The number of hydrogen-bond acceptors (Lipinski definition) is 8. The van der Waals surface area contributed by atoms with Crippen molar-refractivity contribution in [2.75, 3.05) is 37.6 Å². The molecule has 2 aromatic rings. The van der Waals surface area contributed by atoms with Crippen molar-refractivity contribution in [3.05, 3.63) is 29.6 Å². The lowest BCUT2D eigenvalue weighted by molar-refractivity contribution is -0.129. The van der Waals surface area contributed by atoms with E-state index in [1.165, 1.54) is 0 Å². The topological polar surface area (TPSA) is 134 Å². The normalized spacial score (nSPS) is 15.2. The van der Waals surface area contributed by atoms with E-state index in [1.54, 1.807) is 36.7 Å².